The van der Waals surface area contributed by atoms with Crippen molar-refractivity contribution >= 4 is 11.8 Å². The van der Waals surface area contributed by atoms with E-state index in [4.69, 9.17) is 4.52 Å². The molecule has 21 heavy (non-hydrogen) atoms. The third-order valence-corrected chi connectivity index (χ3v) is 4.23. The highest BCUT2D eigenvalue weighted by atomic mass is 16.5. The Morgan fingerprint density at radius 2 is 2.10 bits per heavy atom. The number of rotatable bonds is 3. The highest BCUT2D eigenvalue weighted by Crippen LogP contribution is 2.27. The quantitative estimate of drug-likeness (QED) is 0.827. The van der Waals surface area contributed by atoms with E-state index in [1.165, 1.54) is 0 Å². The Morgan fingerprint density at radius 3 is 2.76 bits per heavy atom. The maximum atomic E-state index is 12.6. The van der Waals surface area contributed by atoms with Crippen LogP contribution in [0.25, 0.3) is 0 Å². The molecule has 7 nitrogen and oxygen atoms in total. The monoisotopic (exact) mass is 292 g/mol. The average Bonchev–Trinajstić information content (AvgIpc) is 3.10. The Hall–Kier alpha value is -1.92. The first kappa shape index (κ1) is 14.0. The van der Waals surface area contributed by atoms with E-state index in [0.717, 1.165) is 12.8 Å². The van der Waals surface area contributed by atoms with Crippen LogP contribution in [0.1, 0.15) is 51.2 Å². The molecule has 0 aromatic carbocycles. The van der Waals surface area contributed by atoms with Gasteiger partial charge in [0.2, 0.25) is 17.7 Å². The van der Waals surface area contributed by atoms with Crippen molar-refractivity contribution in [3.05, 3.63) is 11.7 Å². The van der Waals surface area contributed by atoms with Crippen molar-refractivity contribution in [2.45, 2.75) is 58.2 Å². The summed E-state index contributed by atoms with van der Waals surface area (Å²) < 4.78 is 5.19. The molecule has 0 spiro atoms. The van der Waals surface area contributed by atoms with Crippen LogP contribution in [0.15, 0.2) is 4.52 Å². The molecule has 2 fully saturated rings. The Labute approximate surface area is 123 Å². The van der Waals surface area contributed by atoms with Gasteiger partial charge in [-0.05, 0) is 19.8 Å². The van der Waals surface area contributed by atoms with Gasteiger partial charge in [-0.1, -0.05) is 19.0 Å². The first-order chi connectivity index (χ1) is 9.99. The van der Waals surface area contributed by atoms with Gasteiger partial charge in [0.1, 0.15) is 18.6 Å². The lowest BCUT2D eigenvalue weighted by molar-refractivity contribution is -0.159. The molecule has 2 saturated heterocycles. The summed E-state index contributed by atoms with van der Waals surface area (Å²) in [5.74, 6) is 1.18. The Morgan fingerprint density at radius 1 is 1.33 bits per heavy atom. The predicted molar refractivity (Wildman–Crippen MR) is 73.1 cm³/mol. The van der Waals surface area contributed by atoms with E-state index in [1.54, 1.807) is 16.7 Å². The Bertz CT molecular complexity index is 568. The molecule has 2 atom stereocenters. The second-order valence-corrected chi connectivity index (χ2v) is 6.03. The molecule has 0 unspecified atom stereocenters. The minimum absolute atomic E-state index is 0.0103. The highest BCUT2D eigenvalue weighted by Gasteiger charge is 2.46. The molecule has 0 N–H and O–H groups in total. The number of hydrogen-bond donors (Lipinski definition) is 0. The summed E-state index contributed by atoms with van der Waals surface area (Å²) in [6, 6.07) is -0.776. The highest BCUT2D eigenvalue weighted by molar-refractivity contribution is 5.97. The van der Waals surface area contributed by atoms with E-state index < -0.39 is 6.04 Å². The smallest absolute Gasteiger partial charge is 0.246 e. The number of carbonyl (C=O) groups excluding carboxylic acids is 2. The van der Waals surface area contributed by atoms with Crippen molar-refractivity contribution in [2.75, 3.05) is 6.54 Å². The number of nitrogens with zero attached hydrogens (tertiary/aromatic N) is 4. The lowest BCUT2D eigenvalue weighted by Crippen LogP contribution is -2.61. The minimum Gasteiger partial charge on any atom is -0.337 e. The zero-order chi connectivity index (χ0) is 15.1. The van der Waals surface area contributed by atoms with E-state index in [2.05, 4.69) is 10.1 Å². The molecule has 2 aliphatic heterocycles. The molecule has 2 amide bonds. The van der Waals surface area contributed by atoms with Gasteiger partial charge in [-0.15, -0.1) is 0 Å². The van der Waals surface area contributed by atoms with Crippen molar-refractivity contribution < 1.29 is 14.1 Å². The zero-order valence-electron chi connectivity index (χ0n) is 12.6. The topological polar surface area (TPSA) is 79.5 Å². The van der Waals surface area contributed by atoms with Crippen molar-refractivity contribution in [1.29, 1.82) is 0 Å². The number of piperazine rings is 1. The third kappa shape index (κ3) is 2.30. The van der Waals surface area contributed by atoms with Gasteiger partial charge >= 0.3 is 0 Å². The Balaban J connectivity index is 1.80. The number of carbonyl (C=O) groups is 2. The van der Waals surface area contributed by atoms with Gasteiger partial charge in [-0.25, -0.2) is 0 Å². The van der Waals surface area contributed by atoms with Gasteiger partial charge < -0.3 is 14.3 Å². The van der Waals surface area contributed by atoms with Crippen LogP contribution in [0.2, 0.25) is 0 Å². The summed E-state index contributed by atoms with van der Waals surface area (Å²) >= 11 is 0. The van der Waals surface area contributed by atoms with Crippen LogP contribution >= 0.6 is 0 Å². The van der Waals surface area contributed by atoms with Gasteiger partial charge in [-0.2, -0.15) is 4.98 Å². The first-order valence-corrected chi connectivity index (χ1v) is 7.42. The maximum Gasteiger partial charge on any atom is 0.246 e. The number of fused-ring (bicyclic) bond motifs is 1. The molecular weight excluding hydrogens is 272 g/mol. The lowest BCUT2D eigenvalue weighted by atomic mass is 10.1. The normalized spacial score (nSPS) is 25.9. The molecular formula is C14H20N4O3. The predicted octanol–water partition coefficient (Wildman–Crippen LogP) is 0.915. The summed E-state index contributed by atoms with van der Waals surface area (Å²) in [5.41, 5.74) is 0. The maximum absolute atomic E-state index is 12.6. The molecule has 0 bridgehead atoms. The van der Waals surface area contributed by atoms with Gasteiger partial charge in [0, 0.05) is 12.5 Å². The van der Waals surface area contributed by atoms with Gasteiger partial charge in [0.15, 0.2) is 5.82 Å². The van der Waals surface area contributed by atoms with Crippen molar-refractivity contribution in [1.82, 2.24) is 19.9 Å². The second-order valence-electron chi connectivity index (χ2n) is 6.03. The molecule has 1 aromatic rings. The zero-order valence-corrected chi connectivity index (χ0v) is 12.6. The summed E-state index contributed by atoms with van der Waals surface area (Å²) in [5, 5.41) is 3.90. The van der Waals surface area contributed by atoms with Crippen LogP contribution in [0, 0.1) is 0 Å². The molecule has 3 heterocycles. The minimum atomic E-state index is -0.471. The molecule has 2 aliphatic rings. The molecule has 0 radical (unpaired) electrons. The van der Waals surface area contributed by atoms with Crippen LogP contribution in [0.3, 0.4) is 0 Å². The lowest BCUT2D eigenvalue weighted by Gasteiger charge is -2.40. The van der Waals surface area contributed by atoms with Crippen LogP contribution in [0.4, 0.5) is 0 Å². The summed E-state index contributed by atoms with van der Waals surface area (Å²) in [6.07, 6.45) is 1.63. The molecule has 7 heteroatoms. The van der Waals surface area contributed by atoms with Crippen LogP contribution in [-0.4, -0.2) is 50.4 Å². The van der Waals surface area contributed by atoms with Crippen LogP contribution < -0.4 is 0 Å². The standard InChI is InChI=1S/C14H20N4O3/c1-8(2)12-15-11(21-16-12)7-18-9(3)13(19)17-6-4-5-10(17)14(18)20/h8-10H,4-7H2,1-3H3/t9-,10+/m0/s1. The molecule has 114 valence electrons. The van der Waals surface area contributed by atoms with Crippen molar-refractivity contribution in [3.8, 4) is 0 Å². The van der Waals surface area contributed by atoms with Crippen molar-refractivity contribution in [3.63, 3.8) is 0 Å². The fraction of sp³-hybridized carbons (Fsp3) is 0.714. The fourth-order valence-electron chi connectivity index (χ4n) is 2.97. The summed E-state index contributed by atoms with van der Waals surface area (Å²) in [4.78, 5) is 32.4. The SMILES string of the molecule is CC(C)c1noc(CN2C(=O)[C@H]3CCCN3C(=O)[C@@H]2C)n1. The summed E-state index contributed by atoms with van der Waals surface area (Å²) in [6.45, 7) is 6.60. The van der Waals surface area contributed by atoms with Gasteiger partial charge in [-0.3, -0.25) is 9.59 Å². The molecule has 0 saturated carbocycles. The number of amides is 2. The molecule has 0 aliphatic carbocycles. The van der Waals surface area contributed by atoms with Crippen LogP contribution in [-0.2, 0) is 16.1 Å². The van der Waals surface area contributed by atoms with E-state index in [0.29, 0.717) is 18.3 Å². The molecule has 3 rings (SSSR count). The van der Waals surface area contributed by atoms with E-state index in [9.17, 15) is 9.59 Å². The first-order valence-electron chi connectivity index (χ1n) is 7.42. The summed E-state index contributed by atoms with van der Waals surface area (Å²) in [7, 11) is 0. The van der Waals surface area contributed by atoms with Gasteiger partial charge in [0.05, 0.1) is 0 Å². The van der Waals surface area contributed by atoms with Crippen LogP contribution in [0.5, 0.6) is 0 Å². The Kier molecular flexibility index (Phi) is 3.43. The van der Waals surface area contributed by atoms with E-state index in [-0.39, 0.29) is 30.3 Å². The average molecular weight is 292 g/mol. The fourth-order valence-corrected chi connectivity index (χ4v) is 2.97. The van der Waals surface area contributed by atoms with E-state index >= 15 is 0 Å². The third-order valence-electron chi connectivity index (χ3n) is 4.23. The van der Waals surface area contributed by atoms with E-state index in [1.807, 2.05) is 13.8 Å². The van der Waals surface area contributed by atoms with Crippen molar-refractivity contribution in [2.24, 2.45) is 0 Å². The number of hydrogen-bond acceptors (Lipinski definition) is 5. The second kappa shape index (κ2) is 5.13. The largest absolute Gasteiger partial charge is 0.337 e. The number of aromatic nitrogens is 2. The molecule has 1 aromatic heterocycles. The van der Waals surface area contributed by atoms with Gasteiger partial charge in [0.25, 0.3) is 0 Å².